The summed E-state index contributed by atoms with van der Waals surface area (Å²) in [6.45, 7) is 1.91. The number of hydrogen-bond donors (Lipinski definition) is 1. The second kappa shape index (κ2) is 6.55. The van der Waals surface area contributed by atoms with Crippen LogP contribution in [0.3, 0.4) is 0 Å². The monoisotopic (exact) mass is 247 g/mol. The summed E-state index contributed by atoms with van der Waals surface area (Å²) in [5.74, 6) is 3.33. The Hall–Kier alpha value is -2.15. The molecule has 96 valence electrons. The Bertz CT molecular complexity index is 463. The average Bonchev–Trinajstić information content (AvgIpc) is 2.43. The number of ether oxygens (including phenoxy) is 2. The van der Waals surface area contributed by atoms with E-state index in [1.807, 2.05) is 6.92 Å². The number of hydrogen-bond acceptors (Lipinski definition) is 3. The standard InChI is InChI=1S/C14H17NO3/c1-5-10(6-2)15-14(16)12-9-11(17-3)7-8-13(12)18-4/h1,7-10H,6H2,2-4H3,(H,15,16). The minimum atomic E-state index is -0.284. The maximum absolute atomic E-state index is 12.1. The van der Waals surface area contributed by atoms with Crippen LogP contribution < -0.4 is 14.8 Å². The summed E-state index contributed by atoms with van der Waals surface area (Å²) in [4.78, 5) is 12.1. The zero-order valence-corrected chi connectivity index (χ0v) is 10.8. The molecular weight excluding hydrogens is 230 g/mol. The van der Waals surface area contributed by atoms with Crippen LogP contribution in [0.5, 0.6) is 11.5 Å². The molecule has 0 heterocycles. The summed E-state index contributed by atoms with van der Waals surface area (Å²) in [5.41, 5.74) is 0.408. The van der Waals surface area contributed by atoms with E-state index >= 15 is 0 Å². The van der Waals surface area contributed by atoms with Gasteiger partial charge in [-0.3, -0.25) is 4.79 Å². The van der Waals surface area contributed by atoms with Crippen LogP contribution in [0.25, 0.3) is 0 Å². The minimum Gasteiger partial charge on any atom is -0.497 e. The number of terminal acetylenes is 1. The van der Waals surface area contributed by atoms with Crippen LogP contribution >= 0.6 is 0 Å². The second-order valence-electron chi connectivity index (χ2n) is 3.67. The van der Waals surface area contributed by atoms with Crippen LogP contribution in [0, 0.1) is 12.3 Å². The lowest BCUT2D eigenvalue weighted by Crippen LogP contribution is -2.33. The van der Waals surface area contributed by atoms with Gasteiger partial charge < -0.3 is 14.8 Å². The summed E-state index contributed by atoms with van der Waals surface area (Å²) < 4.78 is 10.2. The van der Waals surface area contributed by atoms with Crippen molar-refractivity contribution < 1.29 is 14.3 Å². The zero-order chi connectivity index (χ0) is 13.5. The van der Waals surface area contributed by atoms with Gasteiger partial charge in [0, 0.05) is 0 Å². The van der Waals surface area contributed by atoms with Crippen LogP contribution in [0.15, 0.2) is 18.2 Å². The van der Waals surface area contributed by atoms with Crippen molar-refractivity contribution in [3.05, 3.63) is 23.8 Å². The summed E-state index contributed by atoms with van der Waals surface area (Å²) in [7, 11) is 3.05. The van der Waals surface area contributed by atoms with Crippen LogP contribution in [-0.4, -0.2) is 26.2 Å². The van der Waals surface area contributed by atoms with Crippen molar-refractivity contribution in [1.82, 2.24) is 5.32 Å². The molecule has 1 aromatic carbocycles. The molecule has 0 aliphatic heterocycles. The van der Waals surface area contributed by atoms with Crippen LogP contribution in [0.4, 0.5) is 0 Å². The van der Waals surface area contributed by atoms with E-state index in [2.05, 4.69) is 11.2 Å². The third-order valence-electron chi connectivity index (χ3n) is 2.57. The highest BCUT2D eigenvalue weighted by Crippen LogP contribution is 2.23. The van der Waals surface area contributed by atoms with Gasteiger partial charge in [0.2, 0.25) is 0 Å². The van der Waals surface area contributed by atoms with Crippen LogP contribution in [0.2, 0.25) is 0 Å². The molecule has 18 heavy (non-hydrogen) atoms. The van der Waals surface area contributed by atoms with E-state index in [-0.39, 0.29) is 11.9 Å². The molecule has 0 saturated heterocycles. The molecule has 1 aromatic rings. The highest BCUT2D eigenvalue weighted by molar-refractivity contribution is 5.97. The fourth-order valence-corrected chi connectivity index (χ4v) is 1.49. The summed E-state index contributed by atoms with van der Waals surface area (Å²) in [6, 6.07) is 4.75. The zero-order valence-electron chi connectivity index (χ0n) is 10.8. The number of amides is 1. The molecule has 1 unspecified atom stereocenters. The Balaban J connectivity index is 2.99. The van der Waals surface area contributed by atoms with E-state index in [0.717, 1.165) is 0 Å². The molecule has 1 atom stereocenters. The number of benzene rings is 1. The van der Waals surface area contributed by atoms with Gasteiger partial charge in [0.1, 0.15) is 11.5 Å². The first-order chi connectivity index (χ1) is 8.65. The van der Waals surface area contributed by atoms with Gasteiger partial charge in [-0.2, -0.15) is 0 Å². The molecule has 0 saturated carbocycles. The van der Waals surface area contributed by atoms with Crippen molar-refractivity contribution >= 4 is 5.91 Å². The Kier molecular flexibility index (Phi) is 5.06. The predicted octanol–water partition coefficient (Wildman–Crippen LogP) is 1.85. The Morgan fingerprint density at radius 2 is 2.17 bits per heavy atom. The fraction of sp³-hybridized carbons (Fsp3) is 0.357. The van der Waals surface area contributed by atoms with E-state index in [9.17, 15) is 4.79 Å². The first kappa shape index (κ1) is 13.9. The molecule has 1 amide bonds. The molecule has 0 fully saturated rings. The molecule has 0 radical (unpaired) electrons. The quantitative estimate of drug-likeness (QED) is 0.808. The third-order valence-corrected chi connectivity index (χ3v) is 2.57. The maximum atomic E-state index is 12.1. The topological polar surface area (TPSA) is 47.6 Å². The Morgan fingerprint density at radius 1 is 1.44 bits per heavy atom. The first-order valence-electron chi connectivity index (χ1n) is 5.65. The van der Waals surface area contributed by atoms with Crippen LogP contribution in [0.1, 0.15) is 23.7 Å². The van der Waals surface area contributed by atoms with Crippen molar-refractivity contribution in [2.24, 2.45) is 0 Å². The third kappa shape index (κ3) is 3.17. The van der Waals surface area contributed by atoms with Crippen molar-refractivity contribution in [2.45, 2.75) is 19.4 Å². The fourth-order valence-electron chi connectivity index (χ4n) is 1.49. The highest BCUT2D eigenvalue weighted by Gasteiger charge is 2.15. The molecule has 1 rings (SSSR count). The molecule has 0 aliphatic carbocycles. The smallest absolute Gasteiger partial charge is 0.256 e. The largest absolute Gasteiger partial charge is 0.497 e. The lowest BCUT2D eigenvalue weighted by molar-refractivity contribution is 0.0941. The lowest BCUT2D eigenvalue weighted by Gasteiger charge is -2.13. The maximum Gasteiger partial charge on any atom is 0.256 e. The number of nitrogens with one attached hydrogen (secondary N) is 1. The van der Waals surface area contributed by atoms with Crippen LogP contribution in [-0.2, 0) is 0 Å². The van der Waals surface area contributed by atoms with Crippen molar-refractivity contribution in [1.29, 1.82) is 0 Å². The number of carbonyl (C=O) groups is 1. The summed E-state index contributed by atoms with van der Waals surface area (Å²) >= 11 is 0. The highest BCUT2D eigenvalue weighted by atomic mass is 16.5. The number of methoxy groups -OCH3 is 2. The normalized spacial score (nSPS) is 11.2. The van der Waals surface area contributed by atoms with Crippen molar-refractivity contribution in [3.63, 3.8) is 0 Å². The van der Waals surface area contributed by atoms with E-state index in [1.165, 1.54) is 7.11 Å². The van der Waals surface area contributed by atoms with Gasteiger partial charge in [-0.25, -0.2) is 0 Å². The molecule has 0 aliphatic rings. The molecule has 4 nitrogen and oxygen atoms in total. The molecule has 4 heteroatoms. The SMILES string of the molecule is C#CC(CC)NC(=O)c1cc(OC)ccc1OC. The Morgan fingerprint density at radius 3 is 2.67 bits per heavy atom. The molecule has 0 bridgehead atoms. The summed E-state index contributed by atoms with van der Waals surface area (Å²) in [5, 5.41) is 2.75. The van der Waals surface area contributed by atoms with Gasteiger partial charge in [-0.15, -0.1) is 6.42 Å². The number of rotatable bonds is 5. The van der Waals surface area contributed by atoms with Gasteiger partial charge in [-0.05, 0) is 24.6 Å². The molecule has 0 aromatic heterocycles. The number of carbonyl (C=O) groups excluding carboxylic acids is 1. The minimum absolute atomic E-state index is 0.268. The van der Waals surface area contributed by atoms with Crippen molar-refractivity contribution in [2.75, 3.05) is 14.2 Å². The van der Waals surface area contributed by atoms with Crippen molar-refractivity contribution in [3.8, 4) is 23.8 Å². The van der Waals surface area contributed by atoms with E-state index < -0.39 is 0 Å². The average molecular weight is 247 g/mol. The lowest BCUT2D eigenvalue weighted by atomic mass is 10.1. The van der Waals surface area contributed by atoms with Gasteiger partial charge in [0.05, 0.1) is 25.8 Å². The van der Waals surface area contributed by atoms with Gasteiger partial charge in [0.25, 0.3) is 5.91 Å². The van der Waals surface area contributed by atoms with E-state index in [1.54, 1.807) is 25.3 Å². The summed E-state index contributed by atoms with van der Waals surface area (Å²) in [6.07, 6.45) is 5.99. The molecule has 1 N–H and O–H groups in total. The second-order valence-corrected chi connectivity index (χ2v) is 3.67. The van der Waals surface area contributed by atoms with Gasteiger partial charge >= 0.3 is 0 Å². The molecule has 0 spiro atoms. The first-order valence-corrected chi connectivity index (χ1v) is 5.65. The van der Waals surface area contributed by atoms with E-state index in [4.69, 9.17) is 15.9 Å². The predicted molar refractivity (Wildman–Crippen MR) is 69.9 cm³/mol. The van der Waals surface area contributed by atoms with Gasteiger partial charge in [0.15, 0.2) is 0 Å². The van der Waals surface area contributed by atoms with Gasteiger partial charge in [-0.1, -0.05) is 12.8 Å². The Labute approximate surface area is 107 Å². The molecular formula is C14H17NO3. The van der Waals surface area contributed by atoms with E-state index in [0.29, 0.717) is 23.5 Å².